The smallest absolute Gasteiger partial charge is 0.244 e. The zero-order valence-corrected chi connectivity index (χ0v) is 15.8. The molecular formula is C22H26N4O. The Morgan fingerprint density at radius 1 is 1.04 bits per heavy atom. The number of nitrogens with one attached hydrogen (secondary N) is 1. The number of carbonyl (C=O) groups excluding carboxylic acids is 1. The van der Waals surface area contributed by atoms with Crippen LogP contribution in [0, 0.1) is 0 Å². The normalized spacial score (nSPS) is 14.5. The minimum atomic E-state index is -0.0164. The highest BCUT2D eigenvalue weighted by atomic mass is 16.2. The number of rotatable bonds is 5. The number of aryl methyl sites for hydroxylation is 1. The first kappa shape index (κ1) is 17.6. The topological polar surface area (TPSA) is 50.2 Å². The fourth-order valence-electron chi connectivity index (χ4n) is 3.89. The van der Waals surface area contributed by atoms with Gasteiger partial charge < -0.3 is 14.8 Å². The first-order valence-electron chi connectivity index (χ1n) is 9.84. The monoisotopic (exact) mass is 362 g/mol. The van der Waals surface area contributed by atoms with Crippen molar-refractivity contribution >= 4 is 28.3 Å². The maximum atomic E-state index is 12.8. The predicted molar refractivity (Wildman–Crippen MR) is 110 cm³/mol. The summed E-state index contributed by atoms with van der Waals surface area (Å²) in [6.45, 7) is 4.46. The molecule has 0 atom stereocenters. The third-order valence-corrected chi connectivity index (χ3v) is 5.23. The summed E-state index contributed by atoms with van der Waals surface area (Å²) in [5.74, 6) is 0.924. The second-order valence-corrected chi connectivity index (χ2v) is 7.07. The molecule has 0 aliphatic carbocycles. The van der Waals surface area contributed by atoms with E-state index in [1.54, 1.807) is 0 Å². The number of piperidine rings is 1. The Labute approximate surface area is 160 Å². The molecule has 0 radical (unpaired) electrons. The molecule has 1 saturated heterocycles. The molecule has 0 spiro atoms. The number of anilines is 2. The van der Waals surface area contributed by atoms with Crippen molar-refractivity contribution in [3.05, 3.63) is 54.4 Å². The quantitative estimate of drug-likeness (QED) is 0.739. The lowest BCUT2D eigenvalue weighted by atomic mass is 10.1. The number of hydrogen-bond acceptors (Lipinski definition) is 3. The van der Waals surface area contributed by atoms with Crippen molar-refractivity contribution in [2.24, 2.45) is 0 Å². The first-order chi connectivity index (χ1) is 13.3. The van der Waals surface area contributed by atoms with Crippen LogP contribution < -0.4 is 10.2 Å². The SMILES string of the molecule is CCc1nc2ccccc2n1CC(=O)Nc1ccccc1N1CCCCC1. The lowest BCUT2D eigenvalue weighted by Gasteiger charge is -2.30. The number of amides is 1. The van der Waals surface area contributed by atoms with Crippen LogP contribution in [0.25, 0.3) is 11.0 Å². The minimum absolute atomic E-state index is 0.0164. The van der Waals surface area contributed by atoms with Gasteiger partial charge in [0.25, 0.3) is 0 Å². The van der Waals surface area contributed by atoms with Gasteiger partial charge in [0.15, 0.2) is 0 Å². The molecule has 1 aliphatic heterocycles. The molecule has 140 valence electrons. The molecule has 27 heavy (non-hydrogen) atoms. The van der Waals surface area contributed by atoms with E-state index in [-0.39, 0.29) is 12.5 Å². The summed E-state index contributed by atoms with van der Waals surface area (Å²) in [4.78, 5) is 19.9. The lowest BCUT2D eigenvalue weighted by molar-refractivity contribution is -0.116. The van der Waals surface area contributed by atoms with Crippen molar-refractivity contribution in [3.8, 4) is 0 Å². The number of carbonyl (C=O) groups is 1. The Morgan fingerprint density at radius 2 is 1.78 bits per heavy atom. The van der Waals surface area contributed by atoms with Gasteiger partial charge >= 0.3 is 0 Å². The molecule has 5 heteroatoms. The average molecular weight is 362 g/mol. The van der Waals surface area contributed by atoms with Gasteiger partial charge in [0.2, 0.25) is 5.91 Å². The summed E-state index contributed by atoms with van der Waals surface area (Å²) in [6.07, 6.45) is 4.51. The highest BCUT2D eigenvalue weighted by Gasteiger charge is 2.17. The summed E-state index contributed by atoms with van der Waals surface area (Å²) in [5.41, 5.74) is 3.97. The van der Waals surface area contributed by atoms with E-state index in [9.17, 15) is 4.79 Å². The zero-order valence-electron chi connectivity index (χ0n) is 15.8. The molecule has 2 heterocycles. The van der Waals surface area contributed by atoms with Gasteiger partial charge in [-0.1, -0.05) is 31.2 Å². The van der Waals surface area contributed by atoms with Gasteiger partial charge in [-0.3, -0.25) is 4.79 Å². The Morgan fingerprint density at radius 3 is 2.59 bits per heavy atom. The van der Waals surface area contributed by atoms with Crippen LogP contribution in [-0.2, 0) is 17.8 Å². The largest absolute Gasteiger partial charge is 0.370 e. The van der Waals surface area contributed by atoms with E-state index in [0.717, 1.165) is 47.7 Å². The van der Waals surface area contributed by atoms with Crippen molar-refractivity contribution in [1.82, 2.24) is 9.55 Å². The van der Waals surface area contributed by atoms with E-state index in [0.29, 0.717) is 0 Å². The van der Waals surface area contributed by atoms with Crippen LogP contribution in [0.15, 0.2) is 48.5 Å². The van der Waals surface area contributed by atoms with Gasteiger partial charge in [0.1, 0.15) is 12.4 Å². The highest BCUT2D eigenvalue weighted by molar-refractivity contribution is 5.95. The summed E-state index contributed by atoms with van der Waals surface area (Å²) in [6, 6.07) is 16.1. The number of imidazole rings is 1. The number of nitrogens with zero attached hydrogens (tertiary/aromatic N) is 3. The van der Waals surface area contributed by atoms with Crippen molar-refractivity contribution in [3.63, 3.8) is 0 Å². The van der Waals surface area contributed by atoms with E-state index in [2.05, 4.69) is 28.2 Å². The third kappa shape index (κ3) is 3.68. The zero-order chi connectivity index (χ0) is 18.6. The molecule has 1 aromatic heterocycles. The summed E-state index contributed by atoms with van der Waals surface area (Å²) < 4.78 is 2.02. The predicted octanol–water partition coefficient (Wildman–Crippen LogP) is 4.23. The summed E-state index contributed by atoms with van der Waals surface area (Å²) in [7, 11) is 0. The highest BCUT2D eigenvalue weighted by Crippen LogP contribution is 2.28. The van der Waals surface area contributed by atoms with Crippen LogP contribution in [0.2, 0.25) is 0 Å². The van der Waals surface area contributed by atoms with Crippen LogP contribution in [0.5, 0.6) is 0 Å². The molecule has 2 aromatic carbocycles. The summed E-state index contributed by atoms with van der Waals surface area (Å²) in [5, 5.41) is 3.13. The maximum absolute atomic E-state index is 12.8. The number of fused-ring (bicyclic) bond motifs is 1. The van der Waals surface area contributed by atoms with Gasteiger partial charge in [0, 0.05) is 19.5 Å². The van der Waals surface area contributed by atoms with Gasteiger partial charge in [-0.15, -0.1) is 0 Å². The molecule has 1 aliphatic rings. The molecule has 1 amide bonds. The van der Waals surface area contributed by atoms with Crippen LogP contribution in [0.3, 0.4) is 0 Å². The number of aromatic nitrogens is 2. The molecule has 1 N–H and O–H groups in total. The first-order valence-corrected chi connectivity index (χ1v) is 9.84. The Balaban J connectivity index is 1.56. The number of para-hydroxylation sites is 4. The molecule has 5 nitrogen and oxygen atoms in total. The second kappa shape index (κ2) is 7.82. The van der Waals surface area contributed by atoms with Gasteiger partial charge in [-0.2, -0.15) is 0 Å². The molecule has 4 rings (SSSR count). The Bertz CT molecular complexity index is 940. The van der Waals surface area contributed by atoms with Gasteiger partial charge in [-0.25, -0.2) is 4.98 Å². The molecule has 1 fully saturated rings. The molecule has 0 bridgehead atoms. The molecule has 3 aromatic rings. The van der Waals surface area contributed by atoms with Crippen molar-refractivity contribution in [1.29, 1.82) is 0 Å². The third-order valence-electron chi connectivity index (χ3n) is 5.23. The molecular weight excluding hydrogens is 336 g/mol. The van der Waals surface area contributed by atoms with E-state index < -0.39 is 0 Å². The van der Waals surface area contributed by atoms with E-state index in [1.165, 1.54) is 19.3 Å². The molecule has 0 unspecified atom stereocenters. The van der Waals surface area contributed by atoms with E-state index >= 15 is 0 Å². The fraction of sp³-hybridized carbons (Fsp3) is 0.364. The molecule has 0 saturated carbocycles. The minimum Gasteiger partial charge on any atom is -0.370 e. The standard InChI is InChI=1S/C22H26N4O/c1-2-21-23-18-11-5-7-13-20(18)26(21)16-22(27)24-17-10-4-6-12-19(17)25-14-8-3-9-15-25/h4-7,10-13H,2-3,8-9,14-16H2,1H3,(H,24,27). The second-order valence-electron chi connectivity index (χ2n) is 7.07. The van der Waals surface area contributed by atoms with Crippen LogP contribution in [-0.4, -0.2) is 28.5 Å². The van der Waals surface area contributed by atoms with Crippen molar-refractivity contribution in [2.75, 3.05) is 23.3 Å². The maximum Gasteiger partial charge on any atom is 0.244 e. The van der Waals surface area contributed by atoms with Crippen LogP contribution >= 0.6 is 0 Å². The van der Waals surface area contributed by atoms with Crippen LogP contribution in [0.1, 0.15) is 32.0 Å². The Kier molecular flexibility index (Phi) is 5.10. The lowest BCUT2D eigenvalue weighted by Crippen LogP contribution is -2.30. The van der Waals surface area contributed by atoms with E-state index in [4.69, 9.17) is 0 Å². The fourth-order valence-corrected chi connectivity index (χ4v) is 3.89. The number of benzene rings is 2. The van der Waals surface area contributed by atoms with Crippen molar-refractivity contribution in [2.45, 2.75) is 39.2 Å². The van der Waals surface area contributed by atoms with Gasteiger partial charge in [-0.05, 0) is 43.5 Å². The Hall–Kier alpha value is -2.82. The van der Waals surface area contributed by atoms with E-state index in [1.807, 2.05) is 47.0 Å². The summed E-state index contributed by atoms with van der Waals surface area (Å²) >= 11 is 0. The number of hydrogen-bond donors (Lipinski definition) is 1. The van der Waals surface area contributed by atoms with Crippen LogP contribution in [0.4, 0.5) is 11.4 Å². The average Bonchev–Trinajstić information content (AvgIpc) is 3.06. The van der Waals surface area contributed by atoms with Gasteiger partial charge in [0.05, 0.1) is 22.4 Å². The van der Waals surface area contributed by atoms with Crippen molar-refractivity contribution < 1.29 is 4.79 Å².